The molecule has 0 radical (unpaired) electrons. The van der Waals surface area contributed by atoms with E-state index in [1.54, 1.807) is 11.0 Å². The Bertz CT molecular complexity index is 672. The van der Waals surface area contributed by atoms with Gasteiger partial charge in [-0.1, -0.05) is 6.92 Å². The highest BCUT2D eigenvalue weighted by Crippen LogP contribution is 2.24. The SMILES string of the molecule is CC[C@@H]1CN(c2ccc(C(=O)OC)c(F)c2)CCN1C(=O)OC(C)(C)C. The quantitative estimate of drug-likeness (QED) is 0.767. The molecule has 0 bridgehead atoms. The first kappa shape index (κ1) is 20.0. The van der Waals surface area contributed by atoms with Gasteiger partial charge in [0.2, 0.25) is 0 Å². The maximum Gasteiger partial charge on any atom is 0.410 e. The van der Waals surface area contributed by atoms with E-state index in [4.69, 9.17) is 4.74 Å². The second-order valence-corrected chi connectivity index (χ2v) is 7.34. The van der Waals surface area contributed by atoms with Crippen LogP contribution in [0.2, 0.25) is 0 Å². The molecule has 1 amide bonds. The summed E-state index contributed by atoms with van der Waals surface area (Å²) in [5.74, 6) is -1.31. The molecule has 144 valence electrons. The summed E-state index contributed by atoms with van der Waals surface area (Å²) in [6, 6.07) is 4.44. The fraction of sp³-hybridized carbons (Fsp3) is 0.579. The molecule has 1 aromatic rings. The Morgan fingerprint density at radius 2 is 1.96 bits per heavy atom. The van der Waals surface area contributed by atoms with Crippen LogP contribution in [0.4, 0.5) is 14.9 Å². The lowest BCUT2D eigenvalue weighted by molar-refractivity contribution is 0.0136. The maximum atomic E-state index is 14.2. The Balaban J connectivity index is 2.12. The molecule has 0 saturated carbocycles. The summed E-state index contributed by atoms with van der Waals surface area (Å²) in [5.41, 5.74) is 0.0485. The van der Waals surface area contributed by atoms with Crippen LogP contribution in [0, 0.1) is 5.82 Å². The Hall–Kier alpha value is -2.31. The number of piperazine rings is 1. The van der Waals surface area contributed by atoms with E-state index < -0.39 is 17.4 Å². The van der Waals surface area contributed by atoms with E-state index in [0.29, 0.717) is 25.3 Å². The van der Waals surface area contributed by atoms with Crippen molar-refractivity contribution >= 4 is 17.7 Å². The second-order valence-electron chi connectivity index (χ2n) is 7.34. The van der Waals surface area contributed by atoms with E-state index in [1.807, 2.05) is 32.6 Å². The van der Waals surface area contributed by atoms with Crippen LogP contribution in [0.5, 0.6) is 0 Å². The third-order valence-corrected chi connectivity index (χ3v) is 4.31. The molecule has 6 nitrogen and oxygen atoms in total. The molecule has 1 aliphatic rings. The summed E-state index contributed by atoms with van der Waals surface area (Å²) in [6.07, 6.45) is 0.439. The van der Waals surface area contributed by atoms with Gasteiger partial charge in [-0.25, -0.2) is 14.0 Å². The molecule has 0 spiro atoms. The summed E-state index contributed by atoms with van der Waals surface area (Å²) in [7, 11) is 1.22. The topological polar surface area (TPSA) is 59.1 Å². The normalized spacial score (nSPS) is 17.8. The number of nitrogens with zero attached hydrogens (tertiary/aromatic N) is 2. The number of amides is 1. The minimum Gasteiger partial charge on any atom is -0.465 e. The second kappa shape index (κ2) is 7.93. The van der Waals surface area contributed by atoms with Crippen molar-refractivity contribution in [2.45, 2.75) is 45.8 Å². The molecule has 1 atom stereocenters. The zero-order valence-electron chi connectivity index (χ0n) is 16.0. The lowest BCUT2D eigenvalue weighted by atomic mass is 10.1. The number of hydrogen-bond acceptors (Lipinski definition) is 5. The Morgan fingerprint density at radius 1 is 1.27 bits per heavy atom. The van der Waals surface area contributed by atoms with Gasteiger partial charge in [0.1, 0.15) is 11.4 Å². The van der Waals surface area contributed by atoms with Crippen LogP contribution in [0.25, 0.3) is 0 Å². The number of rotatable bonds is 3. The minimum absolute atomic E-state index is 0.0260. The van der Waals surface area contributed by atoms with Crippen molar-refractivity contribution < 1.29 is 23.5 Å². The Labute approximate surface area is 153 Å². The number of esters is 1. The van der Waals surface area contributed by atoms with E-state index >= 15 is 0 Å². The van der Waals surface area contributed by atoms with Crippen LogP contribution in [-0.2, 0) is 9.47 Å². The van der Waals surface area contributed by atoms with Gasteiger partial charge < -0.3 is 19.3 Å². The summed E-state index contributed by atoms with van der Waals surface area (Å²) in [5, 5.41) is 0. The first-order valence-corrected chi connectivity index (χ1v) is 8.78. The van der Waals surface area contributed by atoms with Crippen LogP contribution < -0.4 is 4.90 Å². The molecule has 1 fully saturated rings. The molecular weight excluding hydrogens is 339 g/mol. The molecule has 26 heavy (non-hydrogen) atoms. The van der Waals surface area contributed by atoms with Crippen LogP contribution in [0.3, 0.4) is 0 Å². The van der Waals surface area contributed by atoms with Gasteiger partial charge in [-0.2, -0.15) is 0 Å². The first-order chi connectivity index (χ1) is 12.2. The van der Waals surface area contributed by atoms with Crippen LogP contribution >= 0.6 is 0 Å². The van der Waals surface area contributed by atoms with Gasteiger partial charge in [0, 0.05) is 25.3 Å². The van der Waals surface area contributed by atoms with Crippen LogP contribution in [0.1, 0.15) is 44.5 Å². The average molecular weight is 366 g/mol. The van der Waals surface area contributed by atoms with E-state index in [9.17, 15) is 14.0 Å². The summed E-state index contributed by atoms with van der Waals surface area (Å²) >= 11 is 0. The highest BCUT2D eigenvalue weighted by Gasteiger charge is 2.32. The van der Waals surface area contributed by atoms with Crippen LogP contribution in [-0.4, -0.2) is 55.3 Å². The van der Waals surface area contributed by atoms with Crippen molar-refractivity contribution in [2.24, 2.45) is 0 Å². The van der Waals surface area contributed by atoms with Crippen molar-refractivity contribution in [1.82, 2.24) is 4.90 Å². The van der Waals surface area contributed by atoms with E-state index in [2.05, 4.69) is 4.74 Å². The van der Waals surface area contributed by atoms with Gasteiger partial charge in [-0.3, -0.25) is 0 Å². The molecule has 1 heterocycles. The van der Waals surface area contributed by atoms with Crippen LogP contribution in [0.15, 0.2) is 18.2 Å². The van der Waals surface area contributed by atoms with Gasteiger partial charge in [-0.05, 0) is 45.4 Å². The molecule has 2 rings (SSSR count). The van der Waals surface area contributed by atoms with Crippen molar-refractivity contribution in [3.63, 3.8) is 0 Å². The van der Waals surface area contributed by atoms with Gasteiger partial charge in [0.25, 0.3) is 0 Å². The molecule has 1 aromatic carbocycles. The Morgan fingerprint density at radius 3 is 2.50 bits per heavy atom. The average Bonchev–Trinajstić information content (AvgIpc) is 2.58. The smallest absolute Gasteiger partial charge is 0.410 e. The molecular formula is C19H27FN2O4. The maximum absolute atomic E-state index is 14.2. The largest absolute Gasteiger partial charge is 0.465 e. The predicted molar refractivity (Wildman–Crippen MR) is 97.0 cm³/mol. The molecule has 0 aliphatic carbocycles. The lowest BCUT2D eigenvalue weighted by Gasteiger charge is -2.42. The highest BCUT2D eigenvalue weighted by atomic mass is 19.1. The lowest BCUT2D eigenvalue weighted by Crippen LogP contribution is -2.56. The first-order valence-electron chi connectivity index (χ1n) is 8.78. The molecule has 0 unspecified atom stereocenters. The van der Waals surface area contributed by atoms with Gasteiger partial charge in [0.05, 0.1) is 18.7 Å². The number of halogens is 1. The summed E-state index contributed by atoms with van der Waals surface area (Å²) in [4.78, 5) is 27.7. The zero-order chi connectivity index (χ0) is 19.5. The number of carbonyl (C=O) groups is 2. The molecule has 1 aliphatic heterocycles. The standard InChI is InChI=1S/C19H27FN2O4/c1-6-13-12-21(9-10-22(13)18(24)26-19(2,3)4)14-7-8-15(16(20)11-14)17(23)25-5/h7-8,11,13H,6,9-10,12H2,1-5H3/t13-/m1/s1. The number of carbonyl (C=O) groups excluding carboxylic acids is 2. The van der Waals surface area contributed by atoms with Crippen molar-refractivity contribution in [1.29, 1.82) is 0 Å². The molecule has 7 heteroatoms. The molecule has 0 N–H and O–H groups in total. The Kier molecular flexibility index (Phi) is 6.10. The third kappa shape index (κ3) is 4.65. The number of benzene rings is 1. The fourth-order valence-corrected chi connectivity index (χ4v) is 2.98. The number of methoxy groups -OCH3 is 1. The van der Waals surface area contributed by atoms with E-state index in [-0.39, 0.29) is 17.7 Å². The molecule has 0 aromatic heterocycles. The minimum atomic E-state index is -0.699. The molecule has 1 saturated heterocycles. The summed E-state index contributed by atoms with van der Waals surface area (Å²) < 4.78 is 24.2. The van der Waals surface area contributed by atoms with Crippen molar-refractivity contribution in [3.05, 3.63) is 29.6 Å². The van der Waals surface area contributed by atoms with Gasteiger partial charge in [0.15, 0.2) is 0 Å². The third-order valence-electron chi connectivity index (χ3n) is 4.31. The fourth-order valence-electron chi connectivity index (χ4n) is 2.98. The van der Waals surface area contributed by atoms with Crippen molar-refractivity contribution in [3.8, 4) is 0 Å². The zero-order valence-corrected chi connectivity index (χ0v) is 16.0. The van der Waals surface area contributed by atoms with Gasteiger partial charge in [-0.15, -0.1) is 0 Å². The number of ether oxygens (including phenoxy) is 2. The predicted octanol–water partition coefficient (Wildman–Crippen LogP) is 3.45. The monoisotopic (exact) mass is 366 g/mol. The van der Waals surface area contributed by atoms with E-state index in [1.165, 1.54) is 19.2 Å². The van der Waals surface area contributed by atoms with E-state index in [0.717, 1.165) is 6.42 Å². The van der Waals surface area contributed by atoms with Gasteiger partial charge >= 0.3 is 12.1 Å². The summed E-state index contributed by atoms with van der Waals surface area (Å²) in [6.45, 7) is 9.16. The number of anilines is 1. The van der Waals surface area contributed by atoms with Crippen molar-refractivity contribution in [2.75, 3.05) is 31.6 Å². The number of hydrogen-bond donors (Lipinski definition) is 0. The highest BCUT2D eigenvalue weighted by molar-refractivity contribution is 5.90.